The van der Waals surface area contributed by atoms with E-state index < -0.39 is 0 Å². The van der Waals surface area contributed by atoms with Gasteiger partial charge in [0.05, 0.1) is 24.4 Å². The first-order valence-corrected chi connectivity index (χ1v) is 10.9. The van der Waals surface area contributed by atoms with E-state index in [9.17, 15) is 9.18 Å². The molecule has 2 aliphatic heterocycles. The number of pyridine rings is 1. The molecular formula is C26H25FN4O. The minimum Gasteiger partial charge on any atom is -0.351 e. The molecule has 1 aromatic heterocycles. The minimum absolute atomic E-state index is 0.0173. The van der Waals surface area contributed by atoms with Crippen LogP contribution in [-0.2, 0) is 17.8 Å². The average Bonchev–Trinajstić information content (AvgIpc) is 3.37. The number of hydrogen-bond acceptors (Lipinski definition) is 4. The van der Waals surface area contributed by atoms with Crippen molar-refractivity contribution in [3.8, 4) is 0 Å². The highest BCUT2D eigenvalue weighted by Gasteiger charge is 2.33. The van der Waals surface area contributed by atoms with Gasteiger partial charge < -0.3 is 10.2 Å². The zero-order chi connectivity index (χ0) is 22.1. The highest BCUT2D eigenvalue weighted by atomic mass is 19.1. The predicted octanol–water partition coefficient (Wildman–Crippen LogP) is 3.33. The number of likely N-dealkylation sites (tertiary alicyclic amines) is 1. The van der Waals surface area contributed by atoms with E-state index in [1.54, 1.807) is 18.3 Å². The molecule has 3 aromatic rings. The maximum absolute atomic E-state index is 13.2. The molecule has 5 rings (SSSR count). The average molecular weight is 429 g/mol. The van der Waals surface area contributed by atoms with Crippen molar-refractivity contribution < 1.29 is 9.18 Å². The lowest BCUT2D eigenvalue weighted by molar-refractivity contribution is -0.121. The Balaban J connectivity index is 1.26. The van der Waals surface area contributed by atoms with E-state index in [0.29, 0.717) is 6.54 Å². The number of likely N-dealkylation sites (N-methyl/N-ethyl adjacent to an activating group) is 1. The second-order valence-corrected chi connectivity index (χ2v) is 8.59. The van der Waals surface area contributed by atoms with Crippen molar-refractivity contribution >= 4 is 11.6 Å². The number of amides is 1. The summed E-state index contributed by atoms with van der Waals surface area (Å²) in [5, 5.41) is 3.23. The van der Waals surface area contributed by atoms with Gasteiger partial charge in [0.15, 0.2) is 0 Å². The summed E-state index contributed by atoms with van der Waals surface area (Å²) in [6.07, 6.45) is 2.02. The van der Waals surface area contributed by atoms with E-state index in [2.05, 4.69) is 39.4 Å². The molecule has 1 N–H and O–H groups in total. The smallest absolute Gasteiger partial charge is 0.226 e. The van der Waals surface area contributed by atoms with Gasteiger partial charge in [-0.05, 0) is 48.5 Å². The Bertz CT molecular complexity index is 1160. The van der Waals surface area contributed by atoms with Crippen LogP contribution in [0.4, 0.5) is 4.39 Å². The largest absolute Gasteiger partial charge is 0.351 e. The molecule has 1 fully saturated rings. The third-order valence-electron chi connectivity index (χ3n) is 6.24. The Morgan fingerprint density at radius 2 is 1.91 bits per heavy atom. The summed E-state index contributed by atoms with van der Waals surface area (Å²) < 4.78 is 13.2. The normalized spacial score (nSPS) is 20.1. The second-order valence-electron chi connectivity index (χ2n) is 8.59. The molecule has 32 heavy (non-hydrogen) atoms. The first kappa shape index (κ1) is 20.5. The van der Waals surface area contributed by atoms with Crippen LogP contribution in [0.3, 0.4) is 0 Å². The Morgan fingerprint density at radius 3 is 2.69 bits per heavy atom. The van der Waals surface area contributed by atoms with Crippen LogP contribution in [0, 0.1) is 5.82 Å². The zero-order valence-corrected chi connectivity index (χ0v) is 18.0. The molecule has 3 heterocycles. The van der Waals surface area contributed by atoms with Crippen molar-refractivity contribution in [1.82, 2.24) is 15.2 Å². The number of hydrogen-bond donors (Lipinski definition) is 1. The van der Waals surface area contributed by atoms with Gasteiger partial charge in [-0.15, -0.1) is 0 Å². The number of halogens is 1. The monoisotopic (exact) mass is 428 g/mol. The molecule has 2 atom stereocenters. The van der Waals surface area contributed by atoms with E-state index in [0.717, 1.165) is 41.2 Å². The van der Waals surface area contributed by atoms with Crippen LogP contribution in [-0.4, -0.2) is 47.7 Å². The van der Waals surface area contributed by atoms with Crippen LogP contribution < -0.4 is 5.32 Å². The Morgan fingerprint density at radius 1 is 1.12 bits per heavy atom. The third-order valence-corrected chi connectivity index (χ3v) is 6.24. The van der Waals surface area contributed by atoms with E-state index in [-0.39, 0.29) is 30.1 Å². The van der Waals surface area contributed by atoms with Gasteiger partial charge in [0.25, 0.3) is 0 Å². The number of carbonyl (C=O) groups is 1. The first-order valence-electron chi connectivity index (χ1n) is 10.9. The fourth-order valence-electron chi connectivity index (χ4n) is 4.70. The predicted molar refractivity (Wildman–Crippen MR) is 122 cm³/mol. The van der Waals surface area contributed by atoms with E-state index in [1.165, 1.54) is 17.7 Å². The van der Waals surface area contributed by atoms with Crippen molar-refractivity contribution in [3.05, 3.63) is 101 Å². The molecule has 1 amide bonds. The number of fused-ring (bicyclic) bond motifs is 1. The lowest BCUT2D eigenvalue weighted by Gasteiger charge is -2.20. The summed E-state index contributed by atoms with van der Waals surface area (Å²) in [5.74, 6) is -0.00355. The highest BCUT2D eigenvalue weighted by Crippen LogP contribution is 2.27. The van der Waals surface area contributed by atoms with Gasteiger partial charge in [-0.1, -0.05) is 30.3 Å². The van der Waals surface area contributed by atoms with Crippen LogP contribution in [0.25, 0.3) is 0 Å². The molecule has 0 radical (unpaired) electrons. The number of benzene rings is 2. The topological polar surface area (TPSA) is 57.6 Å². The minimum atomic E-state index is -0.269. The Labute approximate surface area is 187 Å². The summed E-state index contributed by atoms with van der Waals surface area (Å²) in [7, 11) is 2.09. The molecule has 1 saturated heterocycles. The maximum Gasteiger partial charge on any atom is 0.226 e. The van der Waals surface area contributed by atoms with Gasteiger partial charge in [0.2, 0.25) is 5.91 Å². The van der Waals surface area contributed by atoms with Crippen molar-refractivity contribution in [2.24, 2.45) is 4.99 Å². The van der Waals surface area contributed by atoms with Gasteiger partial charge in [-0.3, -0.25) is 14.8 Å². The van der Waals surface area contributed by atoms with E-state index >= 15 is 0 Å². The summed E-state index contributed by atoms with van der Waals surface area (Å²) in [4.78, 5) is 24.2. The van der Waals surface area contributed by atoms with Crippen molar-refractivity contribution in [1.29, 1.82) is 0 Å². The number of rotatable bonds is 5. The molecule has 0 spiro atoms. The Kier molecular flexibility index (Phi) is 5.53. The molecular weight excluding hydrogens is 403 g/mol. The molecule has 0 bridgehead atoms. The van der Waals surface area contributed by atoms with Crippen molar-refractivity contribution in [3.63, 3.8) is 0 Å². The third kappa shape index (κ3) is 4.18. The summed E-state index contributed by atoms with van der Waals surface area (Å²) in [6, 6.07) is 18.7. The van der Waals surface area contributed by atoms with Gasteiger partial charge in [0, 0.05) is 42.4 Å². The summed E-state index contributed by atoms with van der Waals surface area (Å²) in [5.41, 5.74) is 5.67. The highest BCUT2D eigenvalue weighted by molar-refractivity contribution is 6.14. The van der Waals surface area contributed by atoms with Crippen LogP contribution >= 0.6 is 0 Å². The van der Waals surface area contributed by atoms with Gasteiger partial charge in [-0.25, -0.2) is 4.39 Å². The number of nitrogens with zero attached hydrogens (tertiary/aromatic N) is 3. The van der Waals surface area contributed by atoms with Gasteiger partial charge in [-0.2, -0.15) is 0 Å². The number of aliphatic imine (C=N–C) groups is 1. The molecule has 0 unspecified atom stereocenters. The quantitative estimate of drug-likeness (QED) is 0.678. The van der Waals surface area contributed by atoms with E-state index in [1.807, 2.05) is 24.3 Å². The molecule has 2 aromatic carbocycles. The van der Waals surface area contributed by atoms with Crippen LogP contribution in [0.5, 0.6) is 0 Å². The van der Waals surface area contributed by atoms with Crippen molar-refractivity contribution in [2.75, 3.05) is 20.1 Å². The molecule has 162 valence electrons. The fourth-order valence-corrected chi connectivity index (χ4v) is 4.70. The number of carbonyl (C=O) groups excluding carboxylic acids is 1. The lowest BCUT2D eigenvalue weighted by atomic mass is 9.94. The maximum atomic E-state index is 13.2. The summed E-state index contributed by atoms with van der Waals surface area (Å²) in [6.45, 7) is 2.30. The van der Waals surface area contributed by atoms with Crippen LogP contribution in [0.1, 0.15) is 33.9 Å². The molecule has 2 aliphatic rings. The molecule has 0 aliphatic carbocycles. The summed E-state index contributed by atoms with van der Waals surface area (Å²) >= 11 is 0. The van der Waals surface area contributed by atoms with Crippen LogP contribution in [0.2, 0.25) is 0 Å². The molecule has 5 nitrogen and oxygen atoms in total. The standard InChI is InChI=1S/C26H25FN4O/c1-31-15-23(17-5-3-2-4-6-17)24(16-31)30-25(32)12-21-11-19-13-29-26(22(19)14-28-21)18-7-9-20(27)10-8-18/h2-11,14,23-24H,12-13,15-16H2,1H3,(H,30,32)/t23-,24+/m0/s1. The fraction of sp³-hybridized carbons (Fsp3) is 0.269. The first-order chi connectivity index (χ1) is 15.6. The van der Waals surface area contributed by atoms with Crippen molar-refractivity contribution in [2.45, 2.75) is 24.9 Å². The lowest BCUT2D eigenvalue weighted by Crippen LogP contribution is -2.40. The number of aromatic nitrogens is 1. The van der Waals surface area contributed by atoms with Gasteiger partial charge in [0.1, 0.15) is 5.82 Å². The van der Waals surface area contributed by atoms with Gasteiger partial charge >= 0.3 is 0 Å². The van der Waals surface area contributed by atoms with E-state index in [4.69, 9.17) is 0 Å². The molecule has 0 saturated carbocycles. The number of nitrogens with one attached hydrogen (secondary N) is 1. The molecule has 6 heteroatoms. The zero-order valence-electron chi connectivity index (χ0n) is 18.0. The second kappa shape index (κ2) is 8.63. The van der Waals surface area contributed by atoms with Crippen LogP contribution in [0.15, 0.2) is 71.9 Å². The SMILES string of the molecule is CN1C[C@@H](NC(=O)Cc2cc3c(cn2)C(c2ccc(F)cc2)=NC3)[C@H](c2ccccc2)C1. The Hall–Kier alpha value is -3.38.